The summed E-state index contributed by atoms with van der Waals surface area (Å²) in [5.41, 5.74) is 0.328. The third kappa shape index (κ3) is 4.62. The molecule has 5 nitrogen and oxygen atoms in total. The molecule has 0 unspecified atom stereocenters. The van der Waals surface area contributed by atoms with Crippen molar-refractivity contribution in [2.45, 2.75) is 13.0 Å². The number of nitrogens with zero attached hydrogens (tertiary/aromatic N) is 1. The number of likely N-dealkylation sites (N-methyl/N-ethyl adjacent to an activating group) is 1. The molecule has 1 atom stereocenters. The van der Waals surface area contributed by atoms with Gasteiger partial charge in [0.25, 0.3) is 0 Å². The van der Waals surface area contributed by atoms with Crippen molar-refractivity contribution in [3.05, 3.63) is 35.6 Å². The number of nitrogens with one attached hydrogen (secondary N) is 2. The number of benzene rings is 1. The minimum Gasteiger partial charge on any atom is -0.355 e. The van der Waals surface area contributed by atoms with Crippen molar-refractivity contribution in [1.29, 1.82) is 0 Å². The first kappa shape index (κ1) is 16.1. The minimum atomic E-state index is -0.700. The molecule has 0 aliphatic carbocycles. The van der Waals surface area contributed by atoms with Crippen LogP contribution in [0.1, 0.15) is 18.5 Å². The molecule has 6 heteroatoms. The Bertz CT molecular complexity index is 477. The molecular formula is C14H20FN3O2. The Morgan fingerprint density at radius 1 is 1.20 bits per heavy atom. The van der Waals surface area contributed by atoms with E-state index in [1.807, 2.05) is 0 Å². The Morgan fingerprint density at radius 3 is 2.35 bits per heavy atom. The van der Waals surface area contributed by atoms with Crippen LogP contribution in [0.15, 0.2) is 24.3 Å². The van der Waals surface area contributed by atoms with E-state index in [0.29, 0.717) is 18.7 Å². The maximum absolute atomic E-state index is 13.8. The van der Waals surface area contributed by atoms with Crippen molar-refractivity contribution < 1.29 is 14.0 Å². The van der Waals surface area contributed by atoms with Gasteiger partial charge in [0.2, 0.25) is 11.8 Å². The number of hydrogen-bond acceptors (Lipinski definition) is 3. The standard InChI is InChI=1S/C14H20FN3O2/c1-10(19)16-8-9-17-14(20)13(18(2)3)11-6-4-5-7-12(11)15/h4-7,13H,8-9H2,1-3H3,(H,16,19)(H,17,20)/t13-/m0/s1. The van der Waals surface area contributed by atoms with Crippen molar-refractivity contribution in [2.75, 3.05) is 27.2 Å². The second-order valence-electron chi connectivity index (χ2n) is 4.66. The Balaban J connectivity index is 2.70. The number of carbonyl (C=O) groups is 2. The van der Waals surface area contributed by atoms with Crippen molar-refractivity contribution in [2.24, 2.45) is 0 Å². The van der Waals surface area contributed by atoms with E-state index in [-0.39, 0.29) is 11.8 Å². The molecule has 0 aliphatic heterocycles. The van der Waals surface area contributed by atoms with Gasteiger partial charge in [-0.2, -0.15) is 0 Å². The third-order valence-electron chi connectivity index (χ3n) is 2.76. The van der Waals surface area contributed by atoms with E-state index in [0.717, 1.165) is 0 Å². The van der Waals surface area contributed by atoms with Crippen LogP contribution in [-0.2, 0) is 9.59 Å². The average Bonchev–Trinajstić information content (AvgIpc) is 2.36. The number of hydrogen-bond donors (Lipinski definition) is 2. The van der Waals surface area contributed by atoms with Crippen LogP contribution in [0, 0.1) is 5.82 Å². The smallest absolute Gasteiger partial charge is 0.242 e. The second-order valence-corrected chi connectivity index (χ2v) is 4.66. The van der Waals surface area contributed by atoms with Gasteiger partial charge in [0.05, 0.1) is 0 Å². The van der Waals surface area contributed by atoms with Crippen LogP contribution in [-0.4, -0.2) is 43.9 Å². The lowest BCUT2D eigenvalue weighted by Crippen LogP contribution is -2.40. The molecule has 1 aromatic rings. The first-order chi connectivity index (χ1) is 9.43. The fourth-order valence-corrected chi connectivity index (χ4v) is 1.87. The van der Waals surface area contributed by atoms with Crippen LogP contribution in [0.4, 0.5) is 4.39 Å². The molecule has 0 bridgehead atoms. The fraction of sp³-hybridized carbons (Fsp3) is 0.429. The van der Waals surface area contributed by atoms with E-state index in [1.165, 1.54) is 13.0 Å². The van der Waals surface area contributed by atoms with Crippen LogP contribution in [0.5, 0.6) is 0 Å². The van der Waals surface area contributed by atoms with Gasteiger partial charge in [0.1, 0.15) is 11.9 Å². The first-order valence-corrected chi connectivity index (χ1v) is 6.36. The molecule has 0 aliphatic rings. The monoisotopic (exact) mass is 281 g/mol. The third-order valence-corrected chi connectivity index (χ3v) is 2.76. The highest BCUT2D eigenvalue weighted by Crippen LogP contribution is 2.21. The molecule has 0 saturated carbocycles. The second kappa shape index (κ2) is 7.59. The molecule has 20 heavy (non-hydrogen) atoms. The highest BCUT2D eigenvalue weighted by atomic mass is 19.1. The van der Waals surface area contributed by atoms with E-state index in [2.05, 4.69) is 10.6 Å². The van der Waals surface area contributed by atoms with Gasteiger partial charge in [-0.05, 0) is 20.2 Å². The molecule has 1 aromatic carbocycles. The summed E-state index contributed by atoms with van der Waals surface area (Å²) in [6, 6.07) is 5.50. The lowest BCUT2D eigenvalue weighted by Gasteiger charge is -2.24. The van der Waals surface area contributed by atoms with Crippen LogP contribution in [0.2, 0.25) is 0 Å². The molecule has 110 valence electrons. The van der Waals surface area contributed by atoms with Crippen LogP contribution < -0.4 is 10.6 Å². The summed E-state index contributed by atoms with van der Waals surface area (Å²) in [6.45, 7) is 2.06. The molecule has 0 aromatic heterocycles. The van der Waals surface area contributed by atoms with Gasteiger partial charge in [-0.1, -0.05) is 18.2 Å². The first-order valence-electron chi connectivity index (χ1n) is 6.36. The molecule has 2 N–H and O–H groups in total. The minimum absolute atomic E-state index is 0.155. The van der Waals surface area contributed by atoms with E-state index in [9.17, 15) is 14.0 Å². The summed E-state index contributed by atoms with van der Waals surface area (Å²) < 4.78 is 13.8. The van der Waals surface area contributed by atoms with Crippen molar-refractivity contribution >= 4 is 11.8 Å². The van der Waals surface area contributed by atoms with Crippen molar-refractivity contribution in [3.63, 3.8) is 0 Å². The lowest BCUT2D eigenvalue weighted by atomic mass is 10.0. The molecule has 0 fully saturated rings. The summed E-state index contributed by atoms with van der Waals surface area (Å²) in [7, 11) is 3.43. The van der Waals surface area contributed by atoms with Gasteiger partial charge in [0, 0.05) is 25.6 Å². The van der Waals surface area contributed by atoms with Gasteiger partial charge in [0.15, 0.2) is 0 Å². The molecule has 1 rings (SSSR count). The van der Waals surface area contributed by atoms with E-state index in [1.54, 1.807) is 37.2 Å². The van der Waals surface area contributed by atoms with Gasteiger partial charge < -0.3 is 10.6 Å². The van der Waals surface area contributed by atoms with Crippen LogP contribution in [0.25, 0.3) is 0 Å². The highest BCUT2D eigenvalue weighted by Gasteiger charge is 2.25. The number of rotatable bonds is 6. The topological polar surface area (TPSA) is 61.4 Å². The highest BCUT2D eigenvalue weighted by molar-refractivity contribution is 5.83. The Morgan fingerprint density at radius 2 is 1.80 bits per heavy atom. The van der Waals surface area contributed by atoms with E-state index >= 15 is 0 Å². The molecule has 0 radical (unpaired) electrons. The number of amides is 2. The van der Waals surface area contributed by atoms with Gasteiger partial charge in [-0.15, -0.1) is 0 Å². The summed E-state index contributed by atoms with van der Waals surface area (Å²) in [5, 5.41) is 5.26. The van der Waals surface area contributed by atoms with Crippen LogP contribution >= 0.6 is 0 Å². The van der Waals surface area contributed by atoms with Gasteiger partial charge in [-0.25, -0.2) is 4.39 Å². The van der Waals surface area contributed by atoms with Crippen molar-refractivity contribution in [3.8, 4) is 0 Å². The number of carbonyl (C=O) groups excluding carboxylic acids is 2. The molecule has 0 spiro atoms. The average molecular weight is 281 g/mol. The zero-order valence-electron chi connectivity index (χ0n) is 11.9. The maximum Gasteiger partial charge on any atom is 0.242 e. The lowest BCUT2D eigenvalue weighted by molar-refractivity contribution is -0.126. The maximum atomic E-state index is 13.8. The fourth-order valence-electron chi connectivity index (χ4n) is 1.87. The molecule has 2 amide bonds. The molecule has 0 saturated heterocycles. The molecular weight excluding hydrogens is 261 g/mol. The van der Waals surface area contributed by atoms with E-state index in [4.69, 9.17) is 0 Å². The van der Waals surface area contributed by atoms with Gasteiger partial charge in [-0.3, -0.25) is 14.5 Å². The summed E-state index contributed by atoms with van der Waals surface area (Å²) in [5.74, 6) is -0.869. The van der Waals surface area contributed by atoms with Crippen LogP contribution in [0.3, 0.4) is 0 Å². The normalized spacial score (nSPS) is 12.1. The SMILES string of the molecule is CC(=O)NCCNC(=O)[C@H](c1ccccc1F)N(C)C. The summed E-state index contributed by atoms with van der Waals surface area (Å²) >= 11 is 0. The Hall–Kier alpha value is -1.95. The van der Waals surface area contributed by atoms with E-state index < -0.39 is 11.9 Å². The quantitative estimate of drug-likeness (QED) is 0.754. The predicted octanol–water partition coefficient (Wildman–Crippen LogP) is 0.681. The Labute approximate surface area is 118 Å². The zero-order valence-corrected chi connectivity index (χ0v) is 11.9. The largest absolute Gasteiger partial charge is 0.355 e. The predicted molar refractivity (Wildman–Crippen MR) is 74.5 cm³/mol. The molecule has 0 heterocycles. The Kier molecular flexibility index (Phi) is 6.11. The summed E-state index contributed by atoms with van der Waals surface area (Å²) in [6.07, 6.45) is 0. The number of halogens is 1. The van der Waals surface area contributed by atoms with Crippen molar-refractivity contribution in [1.82, 2.24) is 15.5 Å². The summed E-state index contributed by atoms with van der Waals surface area (Å²) in [4.78, 5) is 24.5. The zero-order chi connectivity index (χ0) is 15.1. The van der Waals surface area contributed by atoms with Gasteiger partial charge >= 0.3 is 0 Å².